The summed E-state index contributed by atoms with van der Waals surface area (Å²) in [7, 11) is 3.14. The molecule has 2 amide bonds. The Balaban J connectivity index is 1.51. The molecule has 0 unspecified atom stereocenters. The van der Waals surface area contributed by atoms with Crippen LogP contribution in [-0.4, -0.2) is 48.9 Å². The van der Waals surface area contributed by atoms with Crippen LogP contribution >= 0.6 is 0 Å². The molecule has 7 heteroatoms. The van der Waals surface area contributed by atoms with E-state index in [0.717, 1.165) is 11.1 Å². The van der Waals surface area contributed by atoms with Gasteiger partial charge in [0.1, 0.15) is 5.82 Å². The number of carbonyl (C=O) groups is 2. The molecule has 0 radical (unpaired) electrons. The first kappa shape index (κ1) is 20.8. The number of rotatable bonds is 7. The maximum atomic E-state index is 14.4. The predicted molar refractivity (Wildman–Crippen MR) is 109 cm³/mol. The van der Waals surface area contributed by atoms with Gasteiger partial charge in [-0.05, 0) is 29.7 Å². The Morgan fingerprint density at radius 2 is 2.03 bits per heavy atom. The smallest absolute Gasteiger partial charge is 0.226 e. The van der Waals surface area contributed by atoms with E-state index in [2.05, 4.69) is 4.98 Å². The third-order valence-electron chi connectivity index (χ3n) is 5.35. The molecule has 1 aromatic carbocycles. The first-order chi connectivity index (χ1) is 13.9. The van der Waals surface area contributed by atoms with Crippen LogP contribution in [0.1, 0.15) is 36.8 Å². The van der Waals surface area contributed by atoms with Crippen molar-refractivity contribution in [3.05, 3.63) is 53.5 Å². The van der Waals surface area contributed by atoms with Gasteiger partial charge in [-0.3, -0.25) is 9.59 Å². The standard InChI is InChI=1S/C22H26FN3O3/c1-4-21(27)25(2)19-8-7-16(11-18(19)23)17-13-26(14-17)22(28)10-6-15-5-9-20(29-3)24-12-15/h5,7-9,11-12,17H,4,6,10,13-14H2,1-3H3. The summed E-state index contributed by atoms with van der Waals surface area (Å²) in [6.07, 6.45) is 3.08. The van der Waals surface area contributed by atoms with E-state index >= 15 is 0 Å². The largest absolute Gasteiger partial charge is 0.481 e. The Morgan fingerprint density at radius 1 is 1.28 bits per heavy atom. The lowest BCUT2D eigenvalue weighted by atomic mass is 9.90. The minimum absolute atomic E-state index is 0.0856. The number of hydrogen-bond acceptors (Lipinski definition) is 4. The van der Waals surface area contributed by atoms with Crippen molar-refractivity contribution in [3.63, 3.8) is 0 Å². The second-order valence-electron chi connectivity index (χ2n) is 7.22. The predicted octanol–water partition coefficient (Wildman–Crippen LogP) is 3.16. The molecule has 0 spiro atoms. The molecule has 0 N–H and O–H groups in total. The average molecular weight is 399 g/mol. The number of amides is 2. The summed E-state index contributed by atoms with van der Waals surface area (Å²) < 4.78 is 19.5. The quantitative estimate of drug-likeness (QED) is 0.718. The van der Waals surface area contributed by atoms with Crippen molar-refractivity contribution >= 4 is 17.5 Å². The number of carbonyl (C=O) groups excluding carboxylic acids is 2. The molecule has 0 bridgehead atoms. The summed E-state index contributed by atoms with van der Waals surface area (Å²) in [5, 5.41) is 0. The summed E-state index contributed by atoms with van der Waals surface area (Å²) in [4.78, 5) is 31.4. The van der Waals surface area contributed by atoms with Crippen LogP contribution in [0.3, 0.4) is 0 Å². The lowest BCUT2D eigenvalue weighted by molar-refractivity contribution is -0.135. The summed E-state index contributed by atoms with van der Waals surface area (Å²) in [6.45, 7) is 2.92. The maximum absolute atomic E-state index is 14.4. The normalized spacial score (nSPS) is 13.7. The molecule has 154 valence electrons. The highest BCUT2D eigenvalue weighted by atomic mass is 19.1. The van der Waals surface area contributed by atoms with Crippen LogP contribution in [0.5, 0.6) is 5.88 Å². The van der Waals surface area contributed by atoms with Gasteiger partial charge in [0, 0.05) is 51.2 Å². The molecule has 1 aliphatic rings. The number of pyridine rings is 1. The van der Waals surface area contributed by atoms with E-state index in [0.29, 0.717) is 38.2 Å². The molecule has 1 saturated heterocycles. The van der Waals surface area contributed by atoms with Gasteiger partial charge >= 0.3 is 0 Å². The van der Waals surface area contributed by atoms with Crippen molar-refractivity contribution in [1.29, 1.82) is 0 Å². The number of nitrogens with zero attached hydrogens (tertiary/aromatic N) is 3. The van der Waals surface area contributed by atoms with Gasteiger partial charge in [-0.25, -0.2) is 9.37 Å². The van der Waals surface area contributed by atoms with Crippen LogP contribution in [0.4, 0.5) is 10.1 Å². The molecule has 0 aliphatic carbocycles. The molecule has 0 saturated carbocycles. The minimum Gasteiger partial charge on any atom is -0.481 e. The van der Waals surface area contributed by atoms with E-state index in [1.54, 1.807) is 44.3 Å². The van der Waals surface area contributed by atoms with Gasteiger partial charge in [0.15, 0.2) is 0 Å². The zero-order valence-electron chi connectivity index (χ0n) is 17.0. The van der Waals surface area contributed by atoms with E-state index < -0.39 is 5.82 Å². The fourth-order valence-electron chi connectivity index (χ4n) is 3.40. The van der Waals surface area contributed by atoms with Crippen LogP contribution in [0.2, 0.25) is 0 Å². The van der Waals surface area contributed by atoms with Crippen LogP contribution in [-0.2, 0) is 16.0 Å². The highest BCUT2D eigenvalue weighted by Crippen LogP contribution is 2.31. The van der Waals surface area contributed by atoms with Crippen molar-refractivity contribution < 1.29 is 18.7 Å². The van der Waals surface area contributed by atoms with E-state index in [1.165, 1.54) is 11.0 Å². The Morgan fingerprint density at radius 3 is 2.62 bits per heavy atom. The van der Waals surface area contributed by atoms with Crippen molar-refractivity contribution in [2.45, 2.75) is 32.1 Å². The maximum Gasteiger partial charge on any atom is 0.226 e. The van der Waals surface area contributed by atoms with Gasteiger partial charge in [-0.2, -0.15) is 0 Å². The average Bonchev–Trinajstić information content (AvgIpc) is 2.70. The first-order valence-corrected chi connectivity index (χ1v) is 9.75. The summed E-state index contributed by atoms with van der Waals surface area (Å²) in [6, 6.07) is 8.64. The van der Waals surface area contributed by atoms with Crippen LogP contribution in [0, 0.1) is 5.82 Å². The Bertz CT molecular complexity index is 879. The molecule has 0 atom stereocenters. The second kappa shape index (κ2) is 9.03. The molecular formula is C22H26FN3O3. The number of methoxy groups -OCH3 is 1. The summed E-state index contributed by atoms with van der Waals surface area (Å²) in [5.41, 5.74) is 2.12. The van der Waals surface area contributed by atoms with E-state index in [9.17, 15) is 14.0 Å². The Labute approximate surface area is 170 Å². The van der Waals surface area contributed by atoms with Crippen molar-refractivity contribution in [2.75, 3.05) is 32.1 Å². The number of aryl methyl sites for hydroxylation is 1. The lowest BCUT2D eigenvalue weighted by Crippen LogP contribution is -2.48. The van der Waals surface area contributed by atoms with Crippen molar-refractivity contribution in [1.82, 2.24) is 9.88 Å². The number of likely N-dealkylation sites (tertiary alicyclic amines) is 1. The fourth-order valence-corrected chi connectivity index (χ4v) is 3.40. The number of ether oxygens (including phenoxy) is 1. The molecule has 2 heterocycles. The zero-order chi connectivity index (χ0) is 21.0. The number of hydrogen-bond donors (Lipinski definition) is 0. The molecule has 3 rings (SSSR count). The zero-order valence-corrected chi connectivity index (χ0v) is 17.0. The van der Waals surface area contributed by atoms with Crippen molar-refractivity contribution in [3.8, 4) is 5.88 Å². The van der Waals surface area contributed by atoms with Gasteiger partial charge in [0.25, 0.3) is 0 Å². The number of aromatic nitrogens is 1. The van der Waals surface area contributed by atoms with Gasteiger partial charge in [-0.15, -0.1) is 0 Å². The van der Waals surface area contributed by atoms with E-state index in [4.69, 9.17) is 4.74 Å². The third kappa shape index (κ3) is 4.72. The monoisotopic (exact) mass is 399 g/mol. The minimum atomic E-state index is -0.413. The van der Waals surface area contributed by atoms with Gasteiger partial charge in [-0.1, -0.05) is 19.1 Å². The number of halogens is 1. The van der Waals surface area contributed by atoms with Crippen LogP contribution in [0.25, 0.3) is 0 Å². The topological polar surface area (TPSA) is 62.7 Å². The van der Waals surface area contributed by atoms with Crippen LogP contribution in [0.15, 0.2) is 36.5 Å². The van der Waals surface area contributed by atoms with E-state index in [-0.39, 0.29) is 23.4 Å². The summed E-state index contributed by atoms with van der Waals surface area (Å²) >= 11 is 0. The first-order valence-electron chi connectivity index (χ1n) is 9.75. The van der Waals surface area contributed by atoms with Crippen LogP contribution < -0.4 is 9.64 Å². The van der Waals surface area contributed by atoms with E-state index in [1.807, 2.05) is 12.1 Å². The van der Waals surface area contributed by atoms with Gasteiger partial charge in [0.2, 0.25) is 17.7 Å². The van der Waals surface area contributed by atoms with Gasteiger partial charge < -0.3 is 14.5 Å². The Hall–Kier alpha value is -2.96. The molecule has 2 aromatic rings. The highest BCUT2D eigenvalue weighted by Gasteiger charge is 2.32. The second-order valence-corrected chi connectivity index (χ2v) is 7.22. The number of benzene rings is 1. The fraction of sp³-hybridized carbons (Fsp3) is 0.409. The molecule has 29 heavy (non-hydrogen) atoms. The SMILES string of the molecule is CCC(=O)N(C)c1ccc(C2CN(C(=O)CCc3ccc(OC)nc3)C2)cc1F. The third-order valence-corrected chi connectivity index (χ3v) is 5.35. The molecule has 1 fully saturated rings. The molecule has 6 nitrogen and oxygen atoms in total. The highest BCUT2D eigenvalue weighted by molar-refractivity contribution is 5.92. The lowest BCUT2D eigenvalue weighted by Gasteiger charge is -2.40. The summed E-state index contributed by atoms with van der Waals surface area (Å²) in [5.74, 6) is 0.210. The molecular weight excluding hydrogens is 373 g/mol. The van der Waals surface area contributed by atoms with Gasteiger partial charge in [0.05, 0.1) is 12.8 Å². The molecule has 1 aliphatic heterocycles. The molecule has 1 aromatic heterocycles. The Kier molecular flexibility index (Phi) is 6.46. The number of anilines is 1. The van der Waals surface area contributed by atoms with Crippen molar-refractivity contribution in [2.24, 2.45) is 0 Å².